The number of aryl methyl sites for hydroxylation is 1. The van der Waals surface area contributed by atoms with Gasteiger partial charge in [-0.25, -0.2) is 0 Å². The minimum Gasteiger partial charge on any atom is -0.449 e. The molecular weight excluding hydrogens is 264 g/mol. The molecule has 4 nitrogen and oxygen atoms in total. The smallest absolute Gasteiger partial charge is 0.203 e. The quantitative estimate of drug-likeness (QED) is 0.915. The second kappa shape index (κ2) is 6.13. The van der Waals surface area contributed by atoms with Gasteiger partial charge in [0, 0.05) is 12.6 Å². The van der Waals surface area contributed by atoms with Gasteiger partial charge < -0.3 is 9.52 Å². The second-order valence-electron chi connectivity index (χ2n) is 5.33. The first kappa shape index (κ1) is 13.9. The highest BCUT2D eigenvalue weighted by atomic mass is 16.3. The van der Waals surface area contributed by atoms with E-state index in [1.807, 2.05) is 12.1 Å². The van der Waals surface area contributed by atoms with Crippen LogP contribution >= 0.6 is 0 Å². The summed E-state index contributed by atoms with van der Waals surface area (Å²) in [5.74, 6) is 1.10. The minimum absolute atomic E-state index is 0.116. The molecule has 0 radical (unpaired) electrons. The van der Waals surface area contributed by atoms with Crippen molar-refractivity contribution in [3.63, 3.8) is 0 Å². The highest BCUT2D eigenvalue weighted by Crippen LogP contribution is 2.36. The molecule has 21 heavy (non-hydrogen) atoms. The molecule has 108 valence electrons. The van der Waals surface area contributed by atoms with Crippen molar-refractivity contribution in [3.8, 4) is 6.07 Å². The number of aliphatic hydroxyl groups is 1. The molecule has 1 aliphatic rings. The Kier molecular flexibility index (Phi) is 4.05. The lowest BCUT2D eigenvalue weighted by molar-refractivity contribution is 0.134. The molecule has 0 saturated heterocycles. The van der Waals surface area contributed by atoms with Crippen LogP contribution in [0.4, 0.5) is 0 Å². The summed E-state index contributed by atoms with van der Waals surface area (Å²) in [6.07, 6.45) is 2.13. The van der Waals surface area contributed by atoms with Gasteiger partial charge in [0.05, 0.1) is 13.2 Å². The van der Waals surface area contributed by atoms with Crippen LogP contribution in [0, 0.1) is 11.3 Å². The van der Waals surface area contributed by atoms with Crippen LogP contribution in [0.3, 0.4) is 0 Å². The monoisotopic (exact) mass is 282 g/mol. The van der Waals surface area contributed by atoms with Crippen LogP contribution in [-0.4, -0.2) is 23.2 Å². The van der Waals surface area contributed by atoms with E-state index < -0.39 is 0 Å². The maximum Gasteiger partial charge on any atom is 0.203 e. The first-order valence-corrected chi connectivity index (χ1v) is 7.23. The van der Waals surface area contributed by atoms with Crippen molar-refractivity contribution in [3.05, 3.63) is 59.0 Å². The highest BCUT2D eigenvalue weighted by Gasteiger charge is 2.27. The Balaban J connectivity index is 1.81. The molecule has 1 N–H and O–H groups in total. The highest BCUT2D eigenvalue weighted by molar-refractivity contribution is 5.34. The van der Waals surface area contributed by atoms with Crippen LogP contribution in [0.1, 0.15) is 35.1 Å². The summed E-state index contributed by atoms with van der Waals surface area (Å²) >= 11 is 0. The fourth-order valence-corrected chi connectivity index (χ4v) is 3.11. The number of fused-ring (bicyclic) bond motifs is 1. The van der Waals surface area contributed by atoms with E-state index in [1.54, 1.807) is 6.07 Å². The second-order valence-corrected chi connectivity index (χ2v) is 5.33. The summed E-state index contributed by atoms with van der Waals surface area (Å²) in [6, 6.07) is 14.3. The number of aliphatic hydroxyl groups excluding tert-OH is 1. The number of hydrogen-bond acceptors (Lipinski definition) is 4. The summed E-state index contributed by atoms with van der Waals surface area (Å²) in [6.45, 7) is 1.33. The third kappa shape index (κ3) is 2.85. The van der Waals surface area contributed by atoms with Crippen molar-refractivity contribution in [2.75, 3.05) is 13.2 Å². The van der Waals surface area contributed by atoms with Gasteiger partial charge in [-0.05, 0) is 36.1 Å². The van der Waals surface area contributed by atoms with Gasteiger partial charge in [0.1, 0.15) is 11.8 Å². The van der Waals surface area contributed by atoms with Gasteiger partial charge in [-0.3, -0.25) is 4.90 Å². The zero-order valence-corrected chi connectivity index (χ0v) is 11.8. The Morgan fingerprint density at radius 2 is 2.14 bits per heavy atom. The molecular formula is C17H18N2O2. The Labute approximate surface area is 124 Å². The molecule has 0 amide bonds. The topological polar surface area (TPSA) is 60.4 Å². The lowest BCUT2D eigenvalue weighted by Gasteiger charge is -2.28. The van der Waals surface area contributed by atoms with Crippen molar-refractivity contribution in [1.29, 1.82) is 5.26 Å². The molecule has 1 aromatic carbocycles. The number of nitrogens with zero attached hydrogens (tertiary/aromatic N) is 2. The van der Waals surface area contributed by atoms with Crippen LogP contribution in [0.15, 0.2) is 40.8 Å². The first-order valence-electron chi connectivity index (χ1n) is 7.23. The minimum atomic E-state index is 0.116. The Morgan fingerprint density at radius 1 is 1.29 bits per heavy atom. The Morgan fingerprint density at radius 3 is 2.90 bits per heavy atom. The fourth-order valence-electron chi connectivity index (χ4n) is 3.11. The van der Waals surface area contributed by atoms with E-state index in [2.05, 4.69) is 29.2 Å². The number of hydrogen-bond donors (Lipinski definition) is 1. The number of benzene rings is 1. The Bertz CT molecular complexity index is 657. The fraction of sp³-hybridized carbons (Fsp3) is 0.353. The zero-order chi connectivity index (χ0) is 14.7. The van der Waals surface area contributed by atoms with Gasteiger partial charge >= 0.3 is 0 Å². The van der Waals surface area contributed by atoms with Crippen LogP contribution in [0.2, 0.25) is 0 Å². The van der Waals surface area contributed by atoms with Crippen molar-refractivity contribution < 1.29 is 9.52 Å². The lowest BCUT2D eigenvalue weighted by Crippen LogP contribution is -2.29. The third-order valence-electron chi connectivity index (χ3n) is 4.06. The van der Waals surface area contributed by atoms with E-state index >= 15 is 0 Å². The van der Waals surface area contributed by atoms with E-state index in [0.717, 1.165) is 18.6 Å². The molecule has 0 bridgehead atoms. The molecule has 1 unspecified atom stereocenters. The van der Waals surface area contributed by atoms with Crippen molar-refractivity contribution in [1.82, 2.24) is 4.90 Å². The average Bonchev–Trinajstić information content (AvgIpc) is 3.13. The van der Waals surface area contributed by atoms with Gasteiger partial charge in [0.2, 0.25) is 5.76 Å². The SMILES string of the molecule is N#Cc1ccc(CN(CCO)C2CCc3ccccc32)o1. The molecule has 0 fully saturated rings. The predicted octanol–water partition coefficient (Wildman–Crippen LogP) is 2.63. The summed E-state index contributed by atoms with van der Waals surface area (Å²) in [7, 11) is 0. The maximum absolute atomic E-state index is 9.35. The molecule has 1 heterocycles. The summed E-state index contributed by atoms with van der Waals surface area (Å²) in [4.78, 5) is 2.23. The molecule has 0 aliphatic heterocycles. The van der Waals surface area contributed by atoms with E-state index in [-0.39, 0.29) is 6.61 Å². The van der Waals surface area contributed by atoms with E-state index in [4.69, 9.17) is 9.68 Å². The summed E-state index contributed by atoms with van der Waals surface area (Å²) in [5.41, 5.74) is 2.74. The van der Waals surface area contributed by atoms with E-state index in [1.165, 1.54) is 11.1 Å². The van der Waals surface area contributed by atoms with Crippen LogP contribution in [0.5, 0.6) is 0 Å². The number of rotatable bonds is 5. The van der Waals surface area contributed by atoms with Gasteiger partial charge in [-0.1, -0.05) is 24.3 Å². The summed E-state index contributed by atoms with van der Waals surface area (Å²) in [5, 5.41) is 18.2. The largest absolute Gasteiger partial charge is 0.449 e. The molecule has 4 heteroatoms. The standard InChI is InChI=1S/C17H18N2O2/c18-11-14-6-7-15(21-14)12-19(9-10-20)17-8-5-13-3-1-2-4-16(13)17/h1-4,6-7,17,20H,5,8-10,12H2. The normalized spacial score (nSPS) is 16.9. The van der Waals surface area contributed by atoms with Gasteiger partial charge in [-0.2, -0.15) is 5.26 Å². The van der Waals surface area contributed by atoms with Crippen LogP contribution in [-0.2, 0) is 13.0 Å². The predicted molar refractivity (Wildman–Crippen MR) is 78.4 cm³/mol. The van der Waals surface area contributed by atoms with E-state index in [9.17, 15) is 5.11 Å². The zero-order valence-electron chi connectivity index (χ0n) is 11.8. The molecule has 0 spiro atoms. The van der Waals surface area contributed by atoms with Crippen molar-refractivity contribution in [2.45, 2.75) is 25.4 Å². The first-order chi connectivity index (χ1) is 10.3. The number of nitriles is 1. The van der Waals surface area contributed by atoms with Gasteiger partial charge in [0.15, 0.2) is 0 Å². The third-order valence-corrected chi connectivity index (χ3v) is 4.06. The molecule has 1 aromatic heterocycles. The molecule has 0 saturated carbocycles. The molecule has 3 rings (SSSR count). The Hall–Kier alpha value is -2.09. The van der Waals surface area contributed by atoms with Crippen LogP contribution in [0.25, 0.3) is 0 Å². The van der Waals surface area contributed by atoms with Crippen LogP contribution < -0.4 is 0 Å². The van der Waals surface area contributed by atoms with Gasteiger partial charge in [0.25, 0.3) is 0 Å². The average molecular weight is 282 g/mol. The number of furan rings is 1. The maximum atomic E-state index is 9.35. The van der Waals surface area contributed by atoms with Crippen molar-refractivity contribution >= 4 is 0 Å². The summed E-state index contributed by atoms with van der Waals surface area (Å²) < 4.78 is 5.47. The lowest BCUT2D eigenvalue weighted by atomic mass is 10.1. The van der Waals surface area contributed by atoms with E-state index in [0.29, 0.717) is 24.9 Å². The van der Waals surface area contributed by atoms with Crippen molar-refractivity contribution in [2.24, 2.45) is 0 Å². The van der Waals surface area contributed by atoms with Gasteiger partial charge in [-0.15, -0.1) is 0 Å². The molecule has 2 aromatic rings. The molecule has 1 aliphatic carbocycles. The molecule has 1 atom stereocenters.